The minimum Gasteiger partial charge on any atom is -0.382 e. The molecule has 1 amide bonds. The fourth-order valence-electron chi connectivity index (χ4n) is 1.70. The Hall–Kier alpha value is -1.30. The molecule has 0 unspecified atom stereocenters. The first-order chi connectivity index (χ1) is 8.72. The Bertz CT molecular complexity index is 414. The number of hydrogen-bond donors (Lipinski definition) is 3. The molecule has 2 rings (SSSR count). The molecule has 0 spiro atoms. The van der Waals surface area contributed by atoms with Crippen molar-refractivity contribution >= 4 is 28.3 Å². The van der Waals surface area contributed by atoms with Crippen molar-refractivity contribution in [3.05, 3.63) is 5.56 Å². The van der Waals surface area contributed by atoms with Crippen LogP contribution in [-0.2, 0) is 0 Å². The van der Waals surface area contributed by atoms with E-state index < -0.39 is 0 Å². The lowest BCUT2D eigenvalue weighted by molar-refractivity contribution is 0.0953. The number of hydrogen-bond acceptors (Lipinski definition) is 5. The third-order valence-corrected chi connectivity index (χ3v) is 3.74. The van der Waals surface area contributed by atoms with E-state index in [0.717, 1.165) is 30.8 Å². The molecular formula is C12H20N4OS. The highest BCUT2D eigenvalue weighted by molar-refractivity contribution is 7.11. The van der Waals surface area contributed by atoms with Gasteiger partial charge in [0.15, 0.2) is 5.82 Å². The molecule has 1 aliphatic rings. The van der Waals surface area contributed by atoms with Crippen molar-refractivity contribution in [1.82, 2.24) is 9.69 Å². The SMILES string of the molecule is CCCCCNc1snc(N)c1C(=O)NC1CC1. The maximum Gasteiger partial charge on any atom is 0.258 e. The fourth-order valence-corrected chi connectivity index (χ4v) is 2.44. The van der Waals surface area contributed by atoms with Gasteiger partial charge in [-0.2, -0.15) is 4.37 Å². The highest BCUT2D eigenvalue weighted by Gasteiger charge is 2.27. The van der Waals surface area contributed by atoms with E-state index in [1.54, 1.807) is 0 Å². The molecule has 1 saturated carbocycles. The van der Waals surface area contributed by atoms with E-state index in [4.69, 9.17) is 5.73 Å². The number of rotatable bonds is 7. The summed E-state index contributed by atoms with van der Waals surface area (Å²) >= 11 is 1.26. The maximum absolute atomic E-state index is 12.0. The summed E-state index contributed by atoms with van der Waals surface area (Å²) in [6.07, 6.45) is 5.61. The van der Waals surface area contributed by atoms with E-state index in [-0.39, 0.29) is 5.91 Å². The van der Waals surface area contributed by atoms with Gasteiger partial charge in [0.25, 0.3) is 5.91 Å². The van der Waals surface area contributed by atoms with E-state index in [1.165, 1.54) is 24.4 Å². The van der Waals surface area contributed by atoms with Gasteiger partial charge < -0.3 is 16.4 Å². The van der Waals surface area contributed by atoms with Crippen LogP contribution in [-0.4, -0.2) is 22.9 Å². The molecule has 0 atom stereocenters. The molecule has 0 bridgehead atoms. The van der Waals surface area contributed by atoms with Crippen LogP contribution in [0.5, 0.6) is 0 Å². The second kappa shape index (κ2) is 6.04. The van der Waals surface area contributed by atoms with Crippen LogP contribution in [0.4, 0.5) is 10.8 Å². The van der Waals surface area contributed by atoms with Crippen molar-refractivity contribution < 1.29 is 4.79 Å². The molecule has 1 aromatic heterocycles. The van der Waals surface area contributed by atoms with E-state index in [0.29, 0.717) is 17.4 Å². The number of carbonyl (C=O) groups excluding carboxylic acids is 1. The second-order valence-electron chi connectivity index (χ2n) is 4.65. The van der Waals surface area contributed by atoms with Gasteiger partial charge in [-0.25, -0.2) is 0 Å². The van der Waals surface area contributed by atoms with E-state index in [2.05, 4.69) is 21.9 Å². The van der Waals surface area contributed by atoms with Crippen LogP contribution < -0.4 is 16.4 Å². The number of amides is 1. The minimum absolute atomic E-state index is 0.0956. The van der Waals surface area contributed by atoms with Gasteiger partial charge in [-0.05, 0) is 30.8 Å². The van der Waals surface area contributed by atoms with Crippen LogP contribution in [0.3, 0.4) is 0 Å². The summed E-state index contributed by atoms with van der Waals surface area (Å²) in [6.45, 7) is 3.03. The molecular weight excluding hydrogens is 248 g/mol. The first kappa shape index (κ1) is 13.1. The van der Waals surface area contributed by atoms with Gasteiger partial charge in [0, 0.05) is 12.6 Å². The molecule has 1 fully saturated rings. The van der Waals surface area contributed by atoms with Crippen LogP contribution in [0.2, 0.25) is 0 Å². The predicted molar refractivity (Wildman–Crippen MR) is 75.0 cm³/mol. The topological polar surface area (TPSA) is 80.0 Å². The van der Waals surface area contributed by atoms with Crippen LogP contribution in [0.15, 0.2) is 0 Å². The monoisotopic (exact) mass is 268 g/mol. The Morgan fingerprint density at radius 3 is 2.94 bits per heavy atom. The van der Waals surface area contributed by atoms with Gasteiger partial charge in [0.2, 0.25) is 0 Å². The molecule has 6 heteroatoms. The first-order valence-electron chi connectivity index (χ1n) is 6.52. The maximum atomic E-state index is 12.0. The number of nitrogen functional groups attached to an aromatic ring is 1. The van der Waals surface area contributed by atoms with Crippen LogP contribution in [0, 0.1) is 0 Å². The van der Waals surface area contributed by atoms with Crippen molar-refractivity contribution in [2.45, 2.75) is 45.1 Å². The largest absolute Gasteiger partial charge is 0.382 e. The molecule has 0 aromatic carbocycles. The second-order valence-corrected chi connectivity index (χ2v) is 5.43. The van der Waals surface area contributed by atoms with Crippen LogP contribution >= 0.6 is 11.5 Å². The summed E-state index contributed by atoms with van der Waals surface area (Å²) in [5.74, 6) is 0.234. The van der Waals surface area contributed by atoms with Gasteiger partial charge in [0.05, 0.1) is 0 Å². The number of anilines is 2. The van der Waals surface area contributed by atoms with Gasteiger partial charge in [-0.3, -0.25) is 4.79 Å². The average molecular weight is 268 g/mol. The van der Waals surface area contributed by atoms with Crippen molar-refractivity contribution in [1.29, 1.82) is 0 Å². The Balaban J connectivity index is 1.94. The average Bonchev–Trinajstić information content (AvgIpc) is 3.07. The fraction of sp³-hybridized carbons (Fsp3) is 0.667. The lowest BCUT2D eigenvalue weighted by Gasteiger charge is -2.07. The number of carbonyl (C=O) groups is 1. The number of aromatic nitrogens is 1. The number of nitrogens with one attached hydrogen (secondary N) is 2. The number of nitrogens with two attached hydrogens (primary N) is 1. The Morgan fingerprint density at radius 1 is 1.50 bits per heavy atom. The quantitative estimate of drug-likeness (QED) is 0.662. The molecule has 0 saturated heterocycles. The Kier molecular flexibility index (Phi) is 4.41. The number of unbranched alkanes of at least 4 members (excludes halogenated alkanes) is 2. The molecule has 18 heavy (non-hydrogen) atoms. The lowest BCUT2D eigenvalue weighted by atomic mass is 10.2. The summed E-state index contributed by atoms with van der Waals surface area (Å²) in [4.78, 5) is 12.0. The molecule has 1 heterocycles. The third-order valence-electron chi connectivity index (χ3n) is 2.92. The normalized spacial score (nSPS) is 14.5. The Labute approximate surface area is 111 Å². The molecule has 1 aromatic rings. The van der Waals surface area contributed by atoms with Gasteiger partial charge in [-0.15, -0.1) is 0 Å². The van der Waals surface area contributed by atoms with Crippen molar-refractivity contribution in [3.63, 3.8) is 0 Å². The van der Waals surface area contributed by atoms with Crippen molar-refractivity contribution in [2.75, 3.05) is 17.6 Å². The van der Waals surface area contributed by atoms with E-state index in [1.807, 2.05) is 0 Å². The van der Waals surface area contributed by atoms with E-state index in [9.17, 15) is 4.79 Å². The zero-order chi connectivity index (χ0) is 13.0. The van der Waals surface area contributed by atoms with Gasteiger partial charge in [0.1, 0.15) is 10.6 Å². The van der Waals surface area contributed by atoms with Gasteiger partial charge in [-0.1, -0.05) is 19.8 Å². The minimum atomic E-state index is -0.0956. The van der Waals surface area contributed by atoms with E-state index >= 15 is 0 Å². The third kappa shape index (κ3) is 3.35. The smallest absolute Gasteiger partial charge is 0.258 e. The first-order valence-corrected chi connectivity index (χ1v) is 7.29. The highest BCUT2D eigenvalue weighted by atomic mass is 32.1. The molecule has 4 N–H and O–H groups in total. The van der Waals surface area contributed by atoms with Crippen LogP contribution in [0.25, 0.3) is 0 Å². The summed E-state index contributed by atoms with van der Waals surface area (Å²) in [5, 5.41) is 7.00. The molecule has 0 aliphatic heterocycles. The molecule has 0 radical (unpaired) electrons. The summed E-state index contributed by atoms with van der Waals surface area (Å²) < 4.78 is 4.06. The highest BCUT2D eigenvalue weighted by Crippen LogP contribution is 2.28. The summed E-state index contributed by atoms with van der Waals surface area (Å²) in [5.41, 5.74) is 6.28. The Morgan fingerprint density at radius 2 is 2.28 bits per heavy atom. The van der Waals surface area contributed by atoms with Crippen molar-refractivity contribution in [2.24, 2.45) is 0 Å². The molecule has 5 nitrogen and oxygen atoms in total. The molecule has 1 aliphatic carbocycles. The molecule has 100 valence electrons. The van der Waals surface area contributed by atoms with Crippen LogP contribution in [0.1, 0.15) is 49.4 Å². The number of nitrogens with zero attached hydrogens (tertiary/aromatic N) is 1. The summed E-state index contributed by atoms with van der Waals surface area (Å²) in [6, 6.07) is 0.338. The van der Waals surface area contributed by atoms with Crippen molar-refractivity contribution in [3.8, 4) is 0 Å². The standard InChI is InChI=1S/C12H20N4OS/c1-2-3-4-7-14-12-9(10(13)16-18-12)11(17)15-8-5-6-8/h8,14H,2-7H2,1H3,(H2,13,16)(H,15,17). The lowest BCUT2D eigenvalue weighted by Crippen LogP contribution is -2.26. The predicted octanol–water partition coefficient (Wildman–Crippen LogP) is 2.22. The summed E-state index contributed by atoms with van der Waals surface area (Å²) in [7, 11) is 0. The zero-order valence-corrected chi connectivity index (χ0v) is 11.5. The van der Waals surface area contributed by atoms with Gasteiger partial charge >= 0.3 is 0 Å². The zero-order valence-electron chi connectivity index (χ0n) is 10.7.